The average molecular weight is 422 g/mol. The Bertz CT molecular complexity index is 1160. The summed E-state index contributed by atoms with van der Waals surface area (Å²) in [6, 6.07) is 13.8. The fourth-order valence-electron chi connectivity index (χ4n) is 5.22. The number of rotatable bonds is 8. The Morgan fingerprint density at radius 2 is 1.87 bits per heavy atom. The number of nitrogens with zero attached hydrogens (tertiary/aromatic N) is 3. The summed E-state index contributed by atoms with van der Waals surface area (Å²) < 4.78 is 3.58. The van der Waals surface area contributed by atoms with Crippen molar-refractivity contribution in [1.29, 1.82) is 0 Å². The van der Waals surface area contributed by atoms with Crippen molar-refractivity contribution in [2.75, 3.05) is 18.0 Å². The van der Waals surface area contributed by atoms with Gasteiger partial charge < -0.3 is 10.0 Å². The Morgan fingerprint density at radius 3 is 2.55 bits per heavy atom. The Morgan fingerprint density at radius 1 is 1.13 bits per heavy atom. The molecule has 0 saturated carbocycles. The minimum atomic E-state index is -0.874. The van der Waals surface area contributed by atoms with Crippen LogP contribution in [0.2, 0.25) is 0 Å². The van der Waals surface area contributed by atoms with Gasteiger partial charge in [-0.05, 0) is 49.6 Å². The van der Waals surface area contributed by atoms with E-state index in [0.29, 0.717) is 13.0 Å². The van der Waals surface area contributed by atoms with Crippen LogP contribution in [0.1, 0.15) is 56.2 Å². The molecule has 0 saturated heterocycles. The van der Waals surface area contributed by atoms with Gasteiger partial charge in [-0.2, -0.15) is 0 Å². The van der Waals surface area contributed by atoms with E-state index < -0.39 is 5.97 Å². The normalized spacial score (nSPS) is 16.6. The number of benzene rings is 2. The quantitative estimate of drug-likeness (QED) is 0.579. The second-order valence-corrected chi connectivity index (χ2v) is 8.54. The predicted molar refractivity (Wildman–Crippen MR) is 124 cm³/mol. The molecule has 1 aliphatic rings. The van der Waals surface area contributed by atoms with Crippen molar-refractivity contribution < 1.29 is 9.90 Å². The van der Waals surface area contributed by atoms with Gasteiger partial charge >= 0.3 is 11.7 Å². The molecule has 0 fully saturated rings. The summed E-state index contributed by atoms with van der Waals surface area (Å²) >= 11 is 0. The van der Waals surface area contributed by atoms with Gasteiger partial charge in [-0.15, -0.1) is 0 Å². The molecule has 1 aromatic heterocycles. The number of aromatic nitrogens is 2. The maximum absolute atomic E-state index is 13.6. The second kappa shape index (κ2) is 8.61. The third kappa shape index (κ3) is 3.75. The molecule has 0 radical (unpaired) electrons. The van der Waals surface area contributed by atoms with E-state index in [-0.39, 0.29) is 24.1 Å². The average Bonchev–Trinajstić information content (AvgIpc) is 3.24. The lowest BCUT2D eigenvalue weighted by Crippen LogP contribution is -2.31. The molecule has 6 heteroatoms. The van der Waals surface area contributed by atoms with Crippen molar-refractivity contribution in [3.8, 4) is 0 Å². The van der Waals surface area contributed by atoms with Crippen molar-refractivity contribution in [3.63, 3.8) is 0 Å². The second-order valence-electron chi connectivity index (χ2n) is 8.54. The van der Waals surface area contributed by atoms with Gasteiger partial charge in [0.25, 0.3) is 0 Å². The number of hydrogen-bond donors (Lipinski definition) is 1. The Balaban J connectivity index is 1.81. The smallest absolute Gasteiger partial charge is 0.329 e. The highest BCUT2D eigenvalue weighted by molar-refractivity contribution is 5.77. The van der Waals surface area contributed by atoms with E-state index in [4.69, 9.17) is 0 Å². The number of para-hydroxylation sites is 2. The van der Waals surface area contributed by atoms with Crippen LogP contribution in [0.15, 0.2) is 47.3 Å². The molecule has 0 amide bonds. The molecule has 0 aliphatic carbocycles. The number of anilines is 1. The van der Waals surface area contributed by atoms with Crippen LogP contribution in [0.3, 0.4) is 0 Å². The summed E-state index contributed by atoms with van der Waals surface area (Å²) in [7, 11) is 0. The lowest BCUT2D eigenvalue weighted by Gasteiger charge is -2.17. The van der Waals surface area contributed by atoms with E-state index in [1.807, 2.05) is 35.8 Å². The third-order valence-electron chi connectivity index (χ3n) is 6.54. The number of fused-ring (bicyclic) bond motifs is 2. The number of carboxylic acids is 1. The van der Waals surface area contributed by atoms with Gasteiger partial charge in [0.2, 0.25) is 0 Å². The van der Waals surface area contributed by atoms with Crippen LogP contribution >= 0.6 is 0 Å². The molecule has 6 nitrogen and oxygen atoms in total. The topological polar surface area (TPSA) is 67.5 Å². The van der Waals surface area contributed by atoms with Crippen LogP contribution in [0.4, 0.5) is 5.69 Å². The van der Waals surface area contributed by atoms with Gasteiger partial charge in [0.1, 0.15) is 0 Å². The van der Waals surface area contributed by atoms with Gasteiger partial charge in [0.15, 0.2) is 0 Å². The van der Waals surface area contributed by atoms with Crippen molar-refractivity contribution in [2.24, 2.45) is 0 Å². The van der Waals surface area contributed by atoms with Crippen molar-refractivity contribution in [1.82, 2.24) is 9.13 Å². The van der Waals surface area contributed by atoms with Crippen LogP contribution < -0.4 is 10.6 Å². The van der Waals surface area contributed by atoms with E-state index >= 15 is 0 Å². The maximum Gasteiger partial charge on any atom is 0.329 e. The highest BCUT2D eigenvalue weighted by Crippen LogP contribution is 2.39. The molecule has 1 aliphatic heterocycles. The van der Waals surface area contributed by atoms with Gasteiger partial charge in [-0.3, -0.25) is 13.9 Å². The van der Waals surface area contributed by atoms with Gasteiger partial charge in [0, 0.05) is 37.3 Å². The van der Waals surface area contributed by atoms with Crippen molar-refractivity contribution in [2.45, 2.75) is 58.5 Å². The molecule has 164 valence electrons. The molecular formula is C25H31N3O3. The van der Waals surface area contributed by atoms with Gasteiger partial charge in [0.05, 0.1) is 17.5 Å². The minimum absolute atomic E-state index is 0.0449. The number of likely N-dealkylation sites (N-methyl/N-ethyl adjacent to an activating group) is 1. The molecule has 3 aromatic rings. The summed E-state index contributed by atoms with van der Waals surface area (Å²) in [4.78, 5) is 27.5. The summed E-state index contributed by atoms with van der Waals surface area (Å²) in [5.41, 5.74) is 5.44. The monoisotopic (exact) mass is 421 g/mol. The zero-order valence-electron chi connectivity index (χ0n) is 18.5. The predicted octanol–water partition coefficient (Wildman–Crippen LogP) is 4.55. The highest BCUT2D eigenvalue weighted by Gasteiger charge is 2.31. The third-order valence-corrected chi connectivity index (χ3v) is 6.54. The molecule has 1 N–H and O–H groups in total. The first-order chi connectivity index (χ1) is 15.0. The molecule has 31 heavy (non-hydrogen) atoms. The number of imidazole rings is 1. The van der Waals surface area contributed by atoms with Gasteiger partial charge in [-0.25, -0.2) is 4.79 Å². The summed E-state index contributed by atoms with van der Waals surface area (Å²) in [5, 5.41) is 9.44. The first-order valence-electron chi connectivity index (χ1n) is 11.2. The van der Waals surface area contributed by atoms with Crippen molar-refractivity contribution in [3.05, 3.63) is 64.1 Å². The van der Waals surface area contributed by atoms with E-state index in [1.54, 1.807) is 4.57 Å². The molecule has 4 rings (SSSR count). The Hall–Kier alpha value is -3.02. The molecule has 0 bridgehead atoms. The van der Waals surface area contributed by atoms with Crippen LogP contribution in [-0.4, -0.2) is 33.3 Å². The Labute approximate surface area is 182 Å². The number of aryl methyl sites for hydroxylation is 1. The van der Waals surface area contributed by atoms with Crippen molar-refractivity contribution >= 4 is 22.7 Å². The largest absolute Gasteiger partial charge is 0.481 e. The zero-order valence-corrected chi connectivity index (χ0v) is 18.5. The first kappa shape index (κ1) is 21.2. The van der Waals surface area contributed by atoms with E-state index in [0.717, 1.165) is 30.5 Å². The summed E-state index contributed by atoms with van der Waals surface area (Å²) in [6.45, 7) is 8.73. The zero-order chi connectivity index (χ0) is 22.1. The van der Waals surface area contributed by atoms with E-state index in [9.17, 15) is 14.7 Å². The molecule has 0 spiro atoms. The summed E-state index contributed by atoms with van der Waals surface area (Å²) in [5.74, 6) is -0.654. The van der Waals surface area contributed by atoms with Crippen LogP contribution in [0.25, 0.3) is 11.0 Å². The first-order valence-corrected chi connectivity index (χ1v) is 11.2. The fraction of sp³-hybridized carbons (Fsp3) is 0.440. The number of aliphatic carboxylic acids is 1. The Kier molecular flexibility index (Phi) is 5.90. The molecule has 2 aromatic carbocycles. The lowest BCUT2D eigenvalue weighted by atomic mass is 9.96. The molecule has 2 unspecified atom stereocenters. The van der Waals surface area contributed by atoms with Gasteiger partial charge in [-0.1, -0.05) is 37.6 Å². The van der Waals surface area contributed by atoms with Crippen LogP contribution in [0.5, 0.6) is 0 Å². The highest BCUT2D eigenvalue weighted by atomic mass is 16.4. The fourth-order valence-corrected chi connectivity index (χ4v) is 5.22. The number of hydrogen-bond acceptors (Lipinski definition) is 3. The number of carbonyl (C=O) groups is 1. The van der Waals surface area contributed by atoms with Crippen LogP contribution in [0, 0.1) is 6.92 Å². The van der Waals surface area contributed by atoms with E-state index in [1.165, 1.54) is 16.8 Å². The molecule has 2 atom stereocenters. The maximum atomic E-state index is 13.6. The minimum Gasteiger partial charge on any atom is -0.481 e. The van der Waals surface area contributed by atoms with E-state index in [2.05, 4.69) is 36.9 Å². The SMILES string of the molecule is CCCC(CC(=O)O)n1c(=O)n(CC2CN(CC)c3cccc(C)c32)c2ccccc21. The standard InChI is InChI=1S/C25H31N3O3/c1-4-9-19(14-23(29)30)28-21-12-7-6-11-20(21)27(25(28)31)16-18-15-26(5-2)22-13-8-10-17(3)24(18)22/h6-8,10-13,18-19H,4-5,9,14-16H2,1-3H3,(H,29,30). The lowest BCUT2D eigenvalue weighted by molar-refractivity contribution is -0.137. The number of carboxylic acid groups (broad SMARTS) is 1. The molecule has 2 heterocycles. The van der Waals surface area contributed by atoms with Crippen LogP contribution in [-0.2, 0) is 11.3 Å². The summed E-state index contributed by atoms with van der Waals surface area (Å²) in [6.07, 6.45) is 1.44. The molecular weight excluding hydrogens is 390 g/mol.